The van der Waals surface area contributed by atoms with E-state index in [-0.39, 0.29) is 22.9 Å². The Hall–Kier alpha value is -0.0900. The number of nitrogens with two attached hydrogens (primary N) is 1. The zero-order valence-electron chi connectivity index (χ0n) is 5.88. The van der Waals surface area contributed by atoms with E-state index in [0.29, 0.717) is 6.42 Å². The number of rotatable bonds is 0. The summed E-state index contributed by atoms with van der Waals surface area (Å²) in [7, 11) is 0. The molecule has 0 saturated carbocycles. The second-order valence-electron chi connectivity index (χ2n) is 2.40. The largest absolute Gasteiger partial charge is 0.281 e. The zero-order chi connectivity index (χ0) is 6.69. The third-order valence-corrected chi connectivity index (χ3v) is 1.61. The number of nitrogens with zero attached hydrogens (tertiary/aromatic N) is 1. The lowest BCUT2D eigenvalue weighted by Gasteiger charge is -2.11. The molecular formula is C6H13BrN2O. The van der Waals surface area contributed by atoms with Gasteiger partial charge in [0.2, 0.25) is 5.91 Å². The third-order valence-electron chi connectivity index (χ3n) is 1.61. The average molecular weight is 209 g/mol. The zero-order valence-corrected chi connectivity index (χ0v) is 7.59. The molecule has 3 nitrogen and oxygen atoms in total. The highest BCUT2D eigenvalue weighted by Gasteiger charge is 2.11. The van der Waals surface area contributed by atoms with E-state index >= 15 is 0 Å². The van der Waals surface area contributed by atoms with Crippen molar-refractivity contribution in [3.8, 4) is 0 Å². The van der Waals surface area contributed by atoms with Gasteiger partial charge in [-0.15, -0.1) is 17.0 Å². The lowest BCUT2D eigenvalue weighted by Crippen LogP contribution is -2.36. The van der Waals surface area contributed by atoms with E-state index in [1.165, 1.54) is 5.01 Å². The molecule has 0 aliphatic carbocycles. The van der Waals surface area contributed by atoms with Crippen LogP contribution < -0.4 is 5.84 Å². The van der Waals surface area contributed by atoms with Gasteiger partial charge >= 0.3 is 0 Å². The molecule has 1 fully saturated rings. The Balaban J connectivity index is 0.000000810. The van der Waals surface area contributed by atoms with Gasteiger partial charge in [0.05, 0.1) is 0 Å². The van der Waals surface area contributed by atoms with E-state index in [2.05, 4.69) is 0 Å². The molecule has 1 heterocycles. The van der Waals surface area contributed by atoms with Crippen LogP contribution in [0.3, 0.4) is 0 Å². The van der Waals surface area contributed by atoms with Crippen molar-refractivity contribution in [1.29, 1.82) is 0 Å². The van der Waals surface area contributed by atoms with Crippen LogP contribution in [0, 0.1) is 0 Å². The van der Waals surface area contributed by atoms with E-state index in [9.17, 15) is 4.79 Å². The minimum absolute atomic E-state index is 0. The maximum atomic E-state index is 10.8. The Labute approximate surface area is 71.3 Å². The summed E-state index contributed by atoms with van der Waals surface area (Å²) in [6.07, 6.45) is 3.84. The van der Waals surface area contributed by atoms with Gasteiger partial charge in [0.15, 0.2) is 0 Å². The maximum absolute atomic E-state index is 10.8. The standard InChI is InChI=1S/C6H12N2O.BrH/c7-8-5-3-1-2-4-6(8)9;/h1-5,7H2;1H. The minimum atomic E-state index is 0. The highest BCUT2D eigenvalue weighted by atomic mass is 79.9. The van der Waals surface area contributed by atoms with Gasteiger partial charge in [-0.05, 0) is 12.8 Å². The molecule has 1 aliphatic rings. The molecule has 2 N–H and O–H groups in total. The van der Waals surface area contributed by atoms with Gasteiger partial charge in [-0.2, -0.15) is 0 Å². The Morgan fingerprint density at radius 2 is 2.00 bits per heavy atom. The number of carbonyl (C=O) groups is 1. The van der Waals surface area contributed by atoms with Gasteiger partial charge in [-0.3, -0.25) is 9.80 Å². The van der Waals surface area contributed by atoms with Crippen molar-refractivity contribution in [2.45, 2.75) is 25.7 Å². The number of amides is 1. The van der Waals surface area contributed by atoms with Crippen LogP contribution in [0.4, 0.5) is 0 Å². The van der Waals surface area contributed by atoms with E-state index in [0.717, 1.165) is 25.8 Å². The van der Waals surface area contributed by atoms with Crippen molar-refractivity contribution in [3.63, 3.8) is 0 Å². The summed E-state index contributed by atoms with van der Waals surface area (Å²) >= 11 is 0. The van der Waals surface area contributed by atoms with E-state index < -0.39 is 0 Å². The maximum Gasteiger partial charge on any atom is 0.236 e. The number of halogens is 1. The van der Waals surface area contributed by atoms with Gasteiger partial charge < -0.3 is 0 Å². The fourth-order valence-electron chi connectivity index (χ4n) is 1.00. The predicted molar refractivity (Wildman–Crippen MR) is 44.7 cm³/mol. The summed E-state index contributed by atoms with van der Waals surface area (Å²) in [4.78, 5) is 10.8. The van der Waals surface area contributed by atoms with Crippen LogP contribution in [0.2, 0.25) is 0 Å². The van der Waals surface area contributed by atoms with Crippen LogP contribution in [-0.2, 0) is 4.79 Å². The molecule has 1 rings (SSSR count). The molecule has 0 bridgehead atoms. The first kappa shape index (κ1) is 9.91. The quantitative estimate of drug-likeness (QED) is 0.474. The first-order valence-electron chi connectivity index (χ1n) is 3.36. The van der Waals surface area contributed by atoms with Crippen LogP contribution in [0.1, 0.15) is 25.7 Å². The normalized spacial score (nSPS) is 19.7. The summed E-state index contributed by atoms with van der Waals surface area (Å²) in [5, 5.41) is 1.33. The highest BCUT2D eigenvalue weighted by Crippen LogP contribution is 2.07. The van der Waals surface area contributed by atoms with E-state index in [1.54, 1.807) is 0 Å². The van der Waals surface area contributed by atoms with Crippen LogP contribution >= 0.6 is 17.0 Å². The second-order valence-corrected chi connectivity index (χ2v) is 2.40. The minimum Gasteiger partial charge on any atom is -0.281 e. The van der Waals surface area contributed by atoms with Gasteiger partial charge in [0.25, 0.3) is 0 Å². The smallest absolute Gasteiger partial charge is 0.236 e. The molecule has 0 aromatic rings. The Kier molecular flexibility index (Phi) is 4.64. The van der Waals surface area contributed by atoms with Crippen LogP contribution in [0.5, 0.6) is 0 Å². The second kappa shape index (κ2) is 4.68. The molecule has 0 atom stereocenters. The van der Waals surface area contributed by atoms with Crippen LogP contribution in [-0.4, -0.2) is 17.5 Å². The van der Waals surface area contributed by atoms with Crippen molar-refractivity contribution in [2.24, 2.45) is 5.84 Å². The summed E-state index contributed by atoms with van der Waals surface area (Å²) in [6, 6.07) is 0. The van der Waals surface area contributed by atoms with Crippen LogP contribution in [0.25, 0.3) is 0 Å². The summed E-state index contributed by atoms with van der Waals surface area (Å²) in [5.74, 6) is 5.45. The van der Waals surface area contributed by atoms with Gasteiger partial charge in [0.1, 0.15) is 0 Å². The van der Waals surface area contributed by atoms with E-state index in [1.807, 2.05) is 0 Å². The number of carbonyl (C=O) groups excluding carboxylic acids is 1. The lowest BCUT2D eigenvalue weighted by atomic mass is 10.2. The highest BCUT2D eigenvalue weighted by molar-refractivity contribution is 8.93. The van der Waals surface area contributed by atoms with Crippen LogP contribution in [0.15, 0.2) is 0 Å². The Morgan fingerprint density at radius 3 is 2.70 bits per heavy atom. The van der Waals surface area contributed by atoms with Gasteiger partial charge in [-0.25, -0.2) is 5.84 Å². The molecule has 0 aromatic heterocycles. The van der Waals surface area contributed by atoms with Gasteiger partial charge in [-0.1, -0.05) is 6.42 Å². The monoisotopic (exact) mass is 208 g/mol. The fourth-order valence-corrected chi connectivity index (χ4v) is 1.00. The fraction of sp³-hybridized carbons (Fsp3) is 0.833. The summed E-state index contributed by atoms with van der Waals surface area (Å²) in [6.45, 7) is 0.735. The first-order chi connectivity index (χ1) is 4.30. The SMILES string of the molecule is Br.NN1CCCCCC1=O. The molecule has 0 spiro atoms. The Morgan fingerprint density at radius 1 is 1.30 bits per heavy atom. The molecule has 60 valence electrons. The van der Waals surface area contributed by atoms with Crippen molar-refractivity contribution >= 4 is 22.9 Å². The summed E-state index contributed by atoms with van der Waals surface area (Å²) < 4.78 is 0. The topological polar surface area (TPSA) is 46.3 Å². The predicted octanol–water partition coefficient (Wildman–Crippen LogP) is 0.841. The van der Waals surface area contributed by atoms with E-state index in [4.69, 9.17) is 5.84 Å². The average Bonchev–Trinajstić information content (AvgIpc) is 1.99. The number of hydrogen-bond donors (Lipinski definition) is 1. The molecule has 10 heavy (non-hydrogen) atoms. The molecule has 1 amide bonds. The third kappa shape index (κ3) is 2.66. The van der Waals surface area contributed by atoms with Crippen molar-refractivity contribution in [3.05, 3.63) is 0 Å². The van der Waals surface area contributed by atoms with Gasteiger partial charge in [0, 0.05) is 13.0 Å². The molecule has 0 unspecified atom stereocenters. The van der Waals surface area contributed by atoms with Crippen molar-refractivity contribution < 1.29 is 4.79 Å². The molecule has 4 heteroatoms. The molecule has 1 aliphatic heterocycles. The van der Waals surface area contributed by atoms with Crippen molar-refractivity contribution in [2.75, 3.05) is 6.54 Å². The first-order valence-corrected chi connectivity index (χ1v) is 3.36. The summed E-state index contributed by atoms with van der Waals surface area (Å²) in [5.41, 5.74) is 0. The molecule has 0 radical (unpaired) electrons. The number of hydrogen-bond acceptors (Lipinski definition) is 2. The molecule has 1 saturated heterocycles. The lowest BCUT2D eigenvalue weighted by molar-refractivity contribution is -0.130. The molecule has 0 aromatic carbocycles. The number of hydrazine groups is 1. The van der Waals surface area contributed by atoms with Crippen molar-refractivity contribution in [1.82, 2.24) is 5.01 Å². The Bertz CT molecular complexity index is 118. The molecular weight excluding hydrogens is 196 g/mol.